The molecule has 7 heteroatoms. The molecule has 0 radical (unpaired) electrons. The molecule has 0 bridgehead atoms. The summed E-state index contributed by atoms with van der Waals surface area (Å²) in [6, 6.07) is 8.32. The van der Waals surface area contributed by atoms with E-state index in [-0.39, 0.29) is 12.1 Å². The lowest BCUT2D eigenvalue weighted by Crippen LogP contribution is -2.43. The van der Waals surface area contributed by atoms with Gasteiger partial charge in [0.25, 0.3) is 0 Å². The number of hydrogen-bond donors (Lipinski definition) is 1. The highest BCUT2D eigenvalue weighted by molar-refractivity contribution is 6.32. The van der Waals surface area contributed by atoms with Crippen molar-refractivity contribution in [2.24, 2.45) is 5.73 Å². The van der Waals surface area contributed by atoms with Crippen LogP contribution in [-0.2, 0) is 0 Å². The molecule has 112 valence electrons. The van der Waals surface area contributed by atoms with Crippen LogP contribution in [0.5, 0.6) is 6.01 Å². The highest BCUT2D eigenvalue weighted by Crippen LogP contribution is 2.26. The zero-order valence-electron chi connectivity index (χ0n) is 11.7. The zero-order valence-corrected chi connectivity index (χ0v) is 12.4. The van der Waals surface area contributed by atoms with E-state index in [1.165, 1.54) is 0 Å². The van der Waals surface area contributed by atoms with E-state index >= 15 is 0 Å². The molecule has 1 aliphatic carbocycles. The zero-order chi connectivity index (χ0) is 15.1. The molecule has 4 rings (SSSR count). The number of ether oxygens (including phenoxy) is 1. The van der Waals surface area contributed by atoms with Gasteiger partial charge in [-0.3, -0.25) is 4.57 Å². The molecule has 0 saturated heterocycles. The van der Waals surface area contributed by atoms with Gasteiger partial charge < -0.3 is 10.5 Å². The smallest absolute Gasteiger partial charge is 0.318 e. The molecule has 22 heavy (non-hydrogen) atoms. The normalized spacial score (nSPS) is 20.8. The Morgan fingerprint density at radius 2 is 2.05 bits per heavy atom. The number of rotatable bonds is 3. The third-order valence-corrected chi connectivity index (χ3v) is 4.06. The van der Waals surface area contributed by atoms with Crippen LogP contribution in [0, 0.1) is 0 Å². The molecule has 0 amide bonds. The Labute approximate surface area is 131 Å². The molecule has 1 aromatic carbocycles. The largest absolute Gasteiger partial charge is 0.460 e. The van der Waals surface area contributed by atoms with Crippen LogP contribution in [0.25, 0.3) is 16.9 Å². The maximum Gasteiger partial charge on any atom is 0.318 e. The molecule has 0 aliphatic heterocycles. The van der Waals surface area contributed by atoms with Crippen molar-refractivity contribution in [3.05, 3.63) is 41.8 Å². The van der Waals surface area contributed by atoms with E-state index in [2.05, 4.69) is 15.0 Å². The van der Waals surface area contributed by atoms with Gasteiger partial charge >= 0.3 is 6.01 Å². The number of nitrogens with zero attached hydrogens (tertiary/aromatic N) is 4. The van der Waals surface area contributed by atoms with E-state index in [9.17, 15) is 0 Å². The van der Waals surface area contributed by atoms with Gasteiger partial charge in [-0.25, -0.2) is 9.97 Å². The number of benzene rings is 1. The molecule has 2 heterocycles. The van der Waals surface area contributed by atoms with Gasteiger partial charge in [-0.15, -0.1) is 0 Å². The summed E-state index contributed by atoms with van der Waals surface area (Å²) >= 11 is 6.25. The van der Waals surface area contributed by atoms with Crippen molar-refractivity contribution in [3.63, 3.8) is 0 Å². The van der Waals surface area contributed by atoms with E-state index in [1.807, 2.05) is 28.8 Å². The van der Waals surface area contributed by atoms with E-state index in [4.69, 9.17) is 22.1 Å². The number of hydrogen-bond acceptors (Lipinski definition) is 5. The van der Waals surface area contributed by atoms with Crippen LogP contribution < -0.4 is 10.5 Å². The second kappa shape index (κ2) is 5.23. The summed E-state index contributed by atoms with van der Waals surface area (Å²) < 4.78 is 7.56. The first-order valence-electron chi connectivity index (χ1n) is 7.08. The Kier molecular flexibility index (Phi) is 3.20. The van der Waals surface area contributed by atoms with Gasteiger partial charge in [0.05, 0.1) is 17.2 Å². The van der Waals surface area contributed by atoms with Crippen molar-refractivity contribution in [2.45, 2.75) is 25.0 Å². The third kappa shape index (κ3) is 2.30. The molecule has 0 unspecified atom stereocenters. The van der Waals surface area contributed by atoms with Gasteiger partial charge in [-0.1, -0.05) is 23.7 Å². The fraction of sp³-hybridized carbons (Fsp3) is 0.267. The average Bonchev–Trinajstić information content (AvgIpc) is 2.91. The lowest BCUT2D eigenvalue weighted by atomic mass is 9.90. The maximum atomic E-state index is 6.25. The Morgan fingerprint density at radius 1 is 1.23 bits per heavy atom. The SMILES string of the molecule is N[C@H]1C[C@H](Oc2ncc(Cl)c(-n3cnc4ccccc43)n2)C1. The molecule has 0 atom stereocenters. The van der Waals surface area contributed by atoms with Crippen LogP contribution >= 0.6 is 11.6 Å². The molecule has 3 aromatic rings. The Balaban J connectivity index is 1.71. The van der Waals surface area contributed by atoms with Crippen LogP contribution in [0.3, 0.4) is 0 Å². The molecule has 1 saturated carbocycles. The first-order chi connectivity index (χ1) is 10.7. The van der Waals surface area contributed by atoms with Crippen molar-refractivity contribution < 1.29 is 4.74 Å². The van der Waals surface area contributed by atoms with Crippen molar-refractivity contribution in [2.75, 3.05) is 0 Å². The molecular formula is C15H14ClN5O. The molecule has 1 fully saturated rings. The molecule has 6 nitrogen and oxygen atoms in total. The maximum absolute atomic E-state index is 6.25. The number of fused-ring (bicyclic) bond motifs is 1. The van der Waals surface area contributed by atoms with Crippen molar-refractivity contribution >= 4 is 22.6 Å². The summed E-state index contributed by atoms with van der Waals surface area (Å²) in [5, 5.41) is 0.445. The second-order valence-electron chi connectivity index (χ2n) is 5.40. The summed E-state index contributed by atoms with van der Waals surface area (Å²) in [6.07, 6.45) is 4.99. The summed E-state index contributed by atoms with van der Waals surface area (Å²) in [4.78, 5) is 12.9. The fourth-order valence-electron chi connectivity index (χ4n) is 2.55. The minimum Gasteiger partial charge on any atom is -0.460 e. The molecule has 1 aliphatic rings. The lowest BCUT2D eigenvalue weighted by molar-refractivity contribution is 0.0904. The molecule has 0 spiro atoms. The second-order valence-corrected chi connectivity index (χ2v) is 5.81. The van der Waals surface area contributed by atoms with Gasteiger partial charge in [-0.2, -0.15) is 4.98 Å². The highest BCUT2D eigenvalue weighted by atomic mass is 35.5. The van der Waals surface area contributed by atoms with Crippen molar-refractivity contribution in [1.29, 1.82) is 0 Å². The van der Waals surface area contributed by atoms with Gasteiger partial charge in [-0.05, 0) is 25.0 Å². The summed E-state index contributed by atoms with van der Waals surface area (Å²) in [5.41, 5.74) is 7.57. The average molecular weight is 316 g/mol. The number of halogens is 1. The van der Waals surface area contributed by atoms with Crippen LogP contribution in [0.15, 0.2) is 36.8 Å². The Hall–Kier alpha value is -2.18. The summed E-state index contributed by atoms with van der Waals surface area (Å²) in [6.45, 7) is 0. The van der Waals surface area contributed by atoms with Crippen molar-refractivity contribution in [1.82, 2.24) is 19.5 Å². The number of nitrogens with two attached hydrogens (primary N) is 1. The van der Waals surface area contributed by atoms with Gasteiger partial charge in [0.1, 0.15) is 17.5 Å². The van der Waals surface area contributed by atoms with E-state index in [0.717, 1.165) is 23.9 Å². The Bertz CT molecular complexity index is 828. The lowest BCUT2D eigenvalue weighted by Gasteiger charge is -2.31. The van der Waals surface area contributed by atoms with Gasteiger partial charge in [0, 0.05) is 6.04 Å². The third-order valence-electron chi connectivity index (χ3n) is 3.79. The number of para-hydroxylation sites is 2. The van der Waals surface area contributed by atoms with Crippen LogP contribution in [-0.4, -0.2) is 31.7 Å². The first-order valence-corrected chi connectivity index (χ1v) is 7.46. The Morgan fingerprint density at radius 3 is 2.86 bits per heavy atom. The summed E-state index contributed by atoms with van der Waals surface area (Å²) in [5.74, 6) is 0.559. The van der Waals surface area contributed by atoms with Crippen molar-refractivity contribution in [3.8, 4) is 11.8 Å². The first kappa shape index (κ1) is 13.5. The quantitative estimate of drug-likeness (QED) is 0.802. The number of aromatic nitrogens is 4. The predicted molar refractivity (Wildman–Crippen MR) is 83.3 cm³/mol. The molecule has 2 N–H and O–H groups in total. The minimum atomic E-state index is 0.0866. The fourth-order valence-corrected chi connectivity index (χ4v) is 2.73. The highest BCUT2D eigenvalue weighted by Gasteiger charge is 2.28. The van der Waals surface area contributed by atoms with Gasteiger partial charge in [0.15, 0.2) is 5.82 Å². The molecular weight excluding hydrogens is 302 g/mol. The number of imidazole rings is 1. The van der Waals surface area contributed by atoms with E-state index in [0.29, 0.717) is 16.9 Å². The monoisotopic (exact) mass is 315 g/mol. The van der Waals surface area contributed by atoms with Crippen LogP contribution in [0.4, 0.5) is 0 Å². The van der Waals surface area contributed by atoms with Crippen LogP contribution in [0.2, 0.25) is 5.02 Å². The van der Waals surface area contributed by atoms with Crippen LogP contribution in [0.1, 0.15) is 12.8 Å². The predicted octanol–water partition coefficient (Wildman–Crippen LogP) is 2.34. The standard InChI is InChI=1S/C15H14ClN5O/c16-11-7-18-15(22-10-5-9(17)6-10)20-14(11)21-8-19-12-3-1-2-4-13(12)21/h1-4,7-10H,5-6,17H2/t9-,10-. The minimum absolute atomic E-state index is 0.0866. The van der Waals surface area contributed by atoms with E-state index in [1.54, 1.807) is 12.5 Å². The summed E-state index contributed by atoms with van der Waals surface area (Å²) in [7, 11) is 0. The topological polar surface area (TPSA) is 78.9 Å². The van der Waals surface area contributed by atoms with E-state index < -0.39 is 0 Å². The molecule has 2 aromatic heterocycles. The van der Waals surface area contributed by atoms with Gasteiger partial charge in [0.2, 0.25) is 0 Å².